The second-order valence-electron chi connectivity index (χ2n) is 5.64. The number of hydrogen-bond acceptors (Lipinski definition) is 4. The summed E-state index contributed by atoms with van der Waals surface area (Å²) >= 11 is 0. The highest BCUT2D eigenvalue weighted by Gasteiger charge is 2.36. The van der Waals surface area contributed by atoms with Crippen molar-refractivity contribution in [2.75, 3.05) is 26.0 Å². The molecule has 0 aliphatic carbocycles. The highest BCUT2D eigenvalue weighted by Crippen LogP contribution is 2.30. The van der Waals surface area contributed by atoms with E-state index in [2.05, 4.69) is 5.32 Å². The minimum Gasteiger partial charge on any atom is -0.388 e. The van der Waals surface area contributed by atoms with Crippen LogP contribution in [0.2, 0.25) is 0 Å². The average molecular weight is 312 g/mol. The summed E-state index contributed by atoms with van der Waals surface area (Å²) in [6, 6.07) is 3.63. The first kappa shape index (κ1) is 16.3. The van der Waals surface area contributed by atoms with Crippen LogP contribution < -0.4 is 5.32 Å². The fraction of sp³-hybridized carbons (Fsp3) is 0.600. The summed E-state index contributed by atoms with van der Waals surface area (Å²) in [5, 5.41) is 3.05. The van der Waals surface area contributed by atoms with Gasteiger partial charge in [-0.2, -0.15) is 4.31 Å². The SMILES string of the molecule is CNc1cc(C)c(S(=O)(=O)N(C)C2CCOC2C)c(C)c1. The van der Waals surface area contributed by atoms with Crippen LogP contribution in [0.15, 0.2) is 17.0 Å². The standard InChI is InChI=1S/C15H24N2O3S/c1-10-8-13(16-4)9-11(2)15(10)21(18,19)17(5)14-6-7-20-12(14)3/h8-9,12,14,16H,6-7H2,1-5H3. The summed E-state index contributed by atoms with van der Waals surface area (Å²) in [4.78, 5) is 0.406. The summed E-state index contributed by atoms with van der Waals surface area (Å²) < 4.78 is 32.9. The lowest BCUT2D eigenvalue weighted by molar-refractivity contribution is 0.102. The van der Waals surface area contributed by atoms with Crippen molar-refractivity contribution < 1.29 is 13.2 Å². The zero-order valence-electron chi connectivity index (χ0n) is 13.3. The molecule has 5 nitrogen and oxygen atoms in total. The number of hydrogen-bond donors (Lipinski definition) is 1. The van der Waals surface area contributed by atoms with E-state index in [0.717, 1.165) is 23.2 Å². The van der Waals surface area contributed by atoms with Gasteiger partial charge in [-0.25, -0.2) is 8.42 Å². The molecule has 2 atom stereocenters. The summed E-state index contributed by atoms with van der Waals surface area (Å²) in [6.45, 7) is 6.21. The number of aryl methyl sites for hydroxylation is 2. The number of rotatable bonds is 4. The molecule has 1 N–H and O–H groups in total. The fourth-order valence-electron chi connectivity index (χ4n) is 3.02. The molecule has 0 bridgehead atoms. The van der Waals surface area contributed by atoms with Gasteiger partial charge in [-0.1, -0.05) is 0 Å². The molecule has 1 aliphatic rings. The first-order valence-corrected chi connectivity index (χ1v) is 8.61. The summed E-state index contributed by atoms with van der Waals surface area (Å²) in [7, 11) is -0.0418. The summed E-state index contributed by atoms with van der Waals surface area (Å²) in [5.74, 6) is 0. The minimum absolute atomic E-state index is 0.0676. The molecule has 6 heteroatoms. The summed E-state index contributed by atoms with van der Waals surface area (Å²) in [5.41, 5.74) is 2.44. The van der Waals surface area contributed by atoms with Crippen molar-refractivity contribution in [1.82, 2.24) is 4.31 Å². The molecule has 21 heavy (non-hydrogen) atoms. The first-order chi connectivity index (χ1) is 9.78. The van der Waals surface area contributed by atoms with E-state index in [1.165, 1.54) is 4.31 Å². The maximum absolute atomic E-state index is 13.0. The van der Waals surface area contributed by atoms with E-state index in [0.29, 0.717) is 11.5 Å². The van der Waals surface area contributed by atoms with E-state index < -0.39 is 10.0 Å². The lowest BCUT2D eigenvalue weighted by Gasteiger charge is -2.27. The van der Waals surface area contributed by atoms with Gasteiger partial charge in [0, 0.05) is 26.4 Å². The number of benzene rings is 1. The Morgan fingerprint density at radius 1 is 1.29 bits per heavy atom. The van der Waals surface area contributed by atoms with E-state index in [1.54, 1.807) is 7.05 Å². The second-order valence-corrected chi connectivity index (χ2v) is 7.58. The zero-order chi connectivity index (χ0) is 15.8. The molecule has 1 aromatic carbocycles. The van der Waals surface area contributed by atoms with Crippen LogP contribution in [0.25, 0.3) is 0 Å². The summed E-state index contributed by atoms with van der Waals surface area (Å²) in [6.07, 6.45) is 0.672. The third-order valence-electron chi connectivity index (χ3n) is 4.19. The molecule has 2 unspecified atom stereocenters. The van der Waals surface area contributed by atoms with Crippen LogP contribution in [0.1, 0.15) is 24.5 Å². The molecule has 118 valence electrons. The van der Waals surface area contributed by atoms with Gasteiger partial charge in [0.1, 0.15) is 0 Å². The predicted octanol–water partition coefficient (Wildman–Crippen LogP) is 2.14. The molecule has 0 spiro atoms. The van der Waals surface area contributed by atoms with Crippen LogP contribution in [0.3, 0.4) is 0 Å². The van der Waals surface area contributed by atoms with Crippen LogP contribution in [0.5, 0.6) is 0 Å². The maximum atomic E-state index is 13.0. The smallest absolute Gasteiger partial charge is 0.243 e. The van der Waals surface area contributed by atoms with Crippen LogP contribution in [-0.4, -0.2) is 45.6 Å². The third-order valence-corrected chi connectivity index (χ3v) is 6.38. The molecule has 1 fully saturated rings. The van der Waals surface area contributed by atoms with Gasteiger partial charge < -0.3 is 10.1 Å². The highest BCUT2D eigenvalue weighted by atomic mass is 32.2. The third kappa shape index (κ3) is 2.93. The van der Waals surface area contributed by atoms with E-state index in [9.17, 15) is 8.42 Å². The van der Waals surface area contributed by atoms with Gasteiger partial charge >= 0.3 is 0 Å². The van der Waals surface area contributed by atoms with Gasteiger partial charge in [0.2, 0.25) is 10.0 Å². The number of sulfonamides is 1. The number of anilines is 1. The monoisotopic (exact) mass is 312 g/mol. The Bertz CT molecular complexity index is 605. The Hall–Kier alpha value is -1.11. The molecule has 0 saturated carbocycles. The largest absolute Gasteiger partial charge is 0.388 e. The van der Waals surface area contributed by atoms with E-state index in [4.69, 9.17) is 4.74 Å². The van der Waals surface area contributed by atoms with Gasteiger partial charge in [0.15, 0.2) is 0 Å². The molecule has 0 aromatic heterocycles. The molecule has 0 radical (unpaired) electrons. The van der Waals surface area contributed by atoms with Crippen LogP contribution in [0, 0.1) is 13.8 Å². The van der Waals surface area contributed by atoms with Crippen LogP contribution in [0.4, 0.5) is 5.69 Å². The average Bonchev–Trinajstić information content (AvgIpc) is 2.82. The topological polar surface area (TPSA) is 58.6 Å². The van der Waals surface area contributed by atoms with Gasteiger partial charge in [0.25, 0.3) is 0 Å². The Balaban J connectivity index is 2.44. The van der Waals surface area contributed by atoms with Crippen molar-refractivity contribution in [3.63, 3.8) is 0 Å². The number of likely N-dealkylation sites (N-methyl/N-ethyl adjacent to an activating group) is 1. The second kappa shape index (κ2) is 5.94. The van der Waals surface area contributed by atoms with Crippen molar-refractivity contribution >= 4 is 15.7 Å². The quantitative estimate of drug-likeness (QED) is 0.925. The number of ether oxygens (including phenoxy) is 1. The first-order valence-electron chi connectivity index (χ1n) is 7.17. The maximum Gasteiger partial charge on any atom is 0.243 e. The molecular formula is C15H24N2O3S. The molecule has 1 aliphatic heterocycles. The number of nitrogens with zero attached hydrogens (tertiary/aromatic N) is 1. The molecule has 1 saturated heterocycles. The fourth-order valence-corrected chi connectivity index (χ4v) is 4.87. The van der Waals surface area contributed by atoms with E-state index in [1.807, 2.05) is 40.0 Å². The predicted molar refractivity (Wildman–Crippen MR) is 84.2 cm³/mol. The Kier molecular flexibility index (Phi) is 4.60. The normalized spacial score (nSPS) is 22.8. The zero-order valence-corrected chi connectivity index (χ0v) is 14.1. The molecule has 2 rings (SSSR count). The lowest BCUT2D eigenvalue weighted by Crippen LogP contribution is -2.41. The van der Waals surface area contributed by atoms with Crippen molar-refractivity contribution in [2.24, 2.45) is 0 Å². The van der Waals surface area contributed by atoms with Gasteiger partial charge in [-0.05, 0) is 50.5 Å². The van der Waals surface area contributed by atoms with Gasteiger partial charge in [0.05, 0.1) is 17.0 Å². The van der Waals surface area contributed by atoms with Crippen LogP contribution >= 0.6 is 0 Å². The lowest BCUT2D eigenvalue weighted by atomic mass is 10.1. The molecular weight excluding hydrogens is 288 g/mol. The van der Waals surface area contributed by atoms with Crippen LogP contribution in [-0.2, 0) is 14.8 Å². The molecule has 1 aromatic rings. The van der Waals surface area contributed by atoms with Crippen molar-refractivity contribution in [3.8, 4) is 0 Å². The minimum atomic E-state index is -3.52. The van der Waals surface area contributed by atoms with Crippen molar-refractivity contribution in [1.29, 1.82) is 0 Å². The highest BCUT2D eigenvalue weighted by molar-refractivity contribution is 7.89. The molecule has 0 amide bonds. The Labute approximate surface area is 127 Å². The Morgan fingerprint density at radius 3 is 2.29 bits per heavy atom. The van der Waals surface area contributed by atoms with E-state index in [-0.39, 0.29) is 12.1 Å². The molecule has 1 heterocycles. The van der Waals surface area contributed by atoms with Gasteiger partial charge in [-0.3, -0.25) is 0 Å². The number of nitrogens with one attached hydrogen (secondary N) is 1. The Morgan fingerprint density at radius 2 is 1.86 bits per heavy atom. The van der Waals surface area contributed by atoms with Crippen molar-refractivity contribution in [2.45, 2.75) is 44.2 Å². The van der Waals surface area contributed by atoms with E-state index >= 15 is 0 Å². The van der Waals surface area contributed by atoms with Crippen molar-refractivity contribution in [3.05, 3.63) is 23.3 Å². The van der Waals surface area contributed by atoms with Gasteiger partial charge in [-0.15, -0.1) is 0 Å².